The SMILES string of the molecule is C[C@H](C(=O)NC[C@H](C)c1ccccc1)N1CCN(S(=O)(=O)Cc2ccccc2)CC1. The van der Waals surface area contributed by atoms with Gasteiger partial charge in [0.25, 0.3) is 0 Å². The molecule has 0 unspecified atom stereocenters. The summed E-state index contributed by atoms with van der Waals surface area (Å²) in [5, 5.41) is 3.04. The third-order valence-corrected chi connectivity index (χ3v) is 7.59. The van der Waals surface area contributed by atoms with E-state index >= 15 is 0 Å². The Kier molecular flexibility index (Phi) is 7.64. The summed E-state index contributed by atoms with van der Waals surface area (Å²) in [6.45, 7) is 6.49. The molecule has 2 aromatic rings. The molecular weight excluding hydrogens is 398 g/mol. The average Bonchev–Trinajstić information content (AvgIpc) is 2.77. The molecule has 162 valence electrons. The first kappa shape index (κ1) is 22.5. The van der Waals surface area contributed by atoms with Crippen molar-refractivity contribution in [2.75, 3.05) is 32.7 Å². The molecule has 2 atom stereocenters. The number of sulfonamides is 1. The topological polar surface area (TPSA) is 69.7 Å². The van der Waals surface area contributed by atoms with E-state index in [-0.39, 0.29) is 23.6 Å². The number of hydrogen-bond donors (Lipinski definition) is 1. The summed E-state index contributed by atoms with van der Waals surface area (Å²) in [6.07, 6.45) is 0. The zero-order chi connectivity index (χ0) is 21.6. The molecule has 0 saturated carbocycles. The molecule has 1 heterocycles. The zero-order valence-electron chi connectivity index (χ0n) is 17.7. The molecule has 1 aliphatic heterocycles. The van der Waals surface area contributed by atoms with Gasteiger partial charge in [0.1, 0.15) is 0 Å². The van der Waals surface area contributed by atoms with Gasteiger partial charge in [-0.3, -0.25) is 9.69 Å². The van der Waals surface area contributed by atoms with Crippen molar-refractivity contribution >= 4 is 15.9 Å². The Bertz CT molecular complexity index is 911. The van der Waals surface area contributed by atoms with E-state index in [2.05, 4.69) is 29.3 Å². The standard InChI is InChI=1S/C23H31N3O3S/c1-19(22-11-7-4-8-12-22)17-24-23(27)20(2)25-13-15-26(16-14-25)30(28,29)18-21-9-5-3-6-10-21/h3-12,19-20H,13-18H2,1-2H3,(H,24,27)/t19-,20+/m0/s1. The molecule has 0 aromatic heterocycles. The third kappa shape index (κ3) is 5.90. The summed E-state index contributed by atoms with van der Waals surface area (Å²) < 4.78 is 27.0. The highest BCUT2D eigenvalue weighted by molar-refractivity contribution is 7.88. The van der Waals surface area contributed by atoms with Crippen LogP contribution >= 0.6 is 0 Å². The number of amides is 1. The molecule has 1 aliphatic rings. The van der Waals surface area contributed by atoms with Crippen molar-refractivity contribution in [2.45, 2.75) is 31.6 Å². The van der Waals surface area contributed by atoms with E-state index in [4.69, 9.17) is 0 Å². The van der Waals surface area contributed by atoms with Crippen LogP contribution in [0.5, 0.6) is 0 Å². The van der Waals surface area contributed by atoms with Crippen molar-refractivity contribution in [3.05, 3.63) is 71.8 Å². The highest BCUT2D eigenvalue weighted by Crippen LogP contribution is 2.16. The van der Waals surface area contributed by atoms with Crippen LogP contribution in [-0.2, 0) is 20.6 Å². The van der Waals surface area contributed by atoms with Crippen molar-refractivity contribution in [3.8, 4) is 0 Å². The summed E-state index contributed by atoms with van der Waals surface area (Å²) in [4.78, 5) is 14.7. The van der Waals surface area contributed by atoms with E-state index in [0.717, 1.165) is 5.56 Å². The lowest BCUT2D eigenvalue weighted by Crippen LogP contribution is -2.55. The normalized spacial score (nSPS) is 17.9. The minimum atomic E-state index is -3.35. The zero-order valence-corrected chi connectivity index (χ0v) is 18.5. The molecule has 6 nitrogen and oxygen atoms in total. The van der Waals surface area contributed by atoms with Gasteiger partial charge in [0.05, 0.1) is 11.8 Å². The number of piperazine rings is 1. The number of carbonyl (C=O) groups excluding carboxylic acids is 1. The van der Waals surface area contributed by atoms with E-state index in [1.54, 1.807) is 4.31 Å². The van der Waals surface area contributed by atoms with Gasteiger partial charge < -0.3 is 5.32 Å². The second-order valence-corrected chi connectivity index (χ2v) is 9.88. The van der Waals surface area contributed by atoms with Crippen LogP contribution in [0.4, 0.5) is 0 Å². The van der Waals surface area contributed by atoms with E-state index in [1.807, 2.05) is 55.5 Å². The summed E-state index contributed by atoms with van der Waals surface area (Å²) >= 11 is 0. The quantitative estimate of drug-likeness (QED) is 0.700. The van der Waals surface area contributed by atoms with Crippen LogP contribution in [0.2, 0.25) is 0 Å². The number of rotatable bonds is 8. The first-order valence-electron chi connectivity index (χ1n) is 10.5. The average molecular weight is 430 g/mol. The fourth-order valence-corrected chi connectivity index (χ4v) is 5.23. The lowest BCUT2D eigenvalue weighted by Gasteiger charge is -2.36. The maximum atomic E-state index is 12.7. The molecule has 0 spiro atoms. The molecule has 0 bridgehead atoms. The second-order valence-electron chi connectivity index (χ2n) is 7.91. The molecule has 1 saturated heterocycles. The molecule has 1 N–H and O–H groups in total. The molecule has 1 amide bonds. The largest absolute Gasteiger partial charge is 0.354 e. The number of benzene rings is 2. The van der Waals surface area contributed by atoms with Crippen LogP contribution in [0.25, 0.3) is 0 Å². The highest BCUT2D eigenvalue weighted by Gasteiger charge is 2.30. The molecule has 1 fully saturated rings. The van der Waals surface area contributed by atoms with E-state index in [9.17, 15) is 13.2 Å². The lowest BCUT2D eigenvalue weighted by atomic mass is 10.0. The molecule has 30 heavy (non-hydrogen) atoms. The Morgan fingerprint density at radius 1 is 0.933 bits per heavy atom. The van der Waals surface area contributed by atoms with E-state index in [0.29, 0.717) is 32.7 Å². The van der Waals surface area contributed by atoms with Gasteiger partial charge in [0.15, 0.2) is 0 Å². The molecule has 0 aliphatic carbocycles. The Labute approximate surface area is 179 Å². The summed E-state index contributed by atoms with van der Waals surface area (Å²) in [5.41, 5.74) is 1.99. The Morgan fingerprint density at radius 3 is 2.10 bits per heavy atom. The lowest BCUT2D eigenvalue weighted by molar-refractivity contribution is -0.126. The van der Waals surface area contributed by atoms with Gasteiger partial charge in [-0.15, -0.1) is 0 Å². The van der Waals surface area contributed by atoms with Crippen molar-refractivity contribution in [1.82, 2.24) is 14.5 Å². The van der Waals surface area contributed by atoms with E-state index < -0.39 is 10.0 Å². The van der Waals surface area contributed by atoms with Crippen molar-refractivity contribution in [2.24, 2.45) is 0 Å². The van der Waals surface area contributed by atoms with Crippen molar-refractivity contribution < 1.29 is 13.2 Å². The van der Waals surface area contributed by atoms with Crippen LogP contribution in [-0.4, -0.2) is 62.3 Å². The Balaban J connectivity index is 1.47. The van der Waals surface area contributed by atoms with Gasteiger partial charge in [-0.2, -0.15) is 4.31 Å². The van der Waals surface area contributed by atoms with Gasteiger partial charge in [-0.05, 0) is 24.0 Å². The summed E-state index contributed by atoms with van der Waals surface area (Å²) in [5.74, 6) is 0.238. The summed E-state index contributed by atoms with van der Waals surface area (Å²) in [7, 11) is -3.35. The third-order valence-electron chi connectivity index (χ3n) is 5.74. The van der Waals surface area contributed by atoms with Gasteiger partial charge in [0, 0.05) is 32.7 Å². The summed E-state index contributed by atoms with van der Waals surface area (Å²) in [6, 6.07) is 19.1. The minimum Gasteiger partial charge on any atom is -0.354 e. The van der Waals surface area contributed by atoms with E-state index in [1.165, 1.54) is 5.56 Å². The van der Waals surface area contributed by atoms with Crippen LogP contribution in [0.1, 0.15) is 30.9 Å². The van der Waals surface area contributed by atoms with Crippen molar-refractivity contribution in [3.63, 3.8) is 0 Å². The van der Waals surface area contributed by atoms with Crippen LogP contribution in [0, 0.1) is 0 Å². The van der Waals surface area contributed by atoms with Gasteiger partial charge in [-0.25, -0.2) is 8.42 Å². The molecule has 2 aromatic carbocycles. The molecule has 0 radical (unpaired) electrons. The fourth-order valence-electron chi connectivity index (χ4n) is 3.71. The van der Waals surface area contributed by atoms with Crippen molar-refractivity contribution in [1.29, 1.82) is 0 Å². The number of nitrogens with one attached hydrogen (secondary N) is 1. The minimum absolute atomic E-state index is 0.0151. The number of carbonyl (C=O) groups is 1. The van der Waals surface area contributed by atoms with Crippen LogP contribution in [0.3, 0.4) is 0 Å². The molecular formula is C23H31N3O3S. The fraction of sp³-hybridized carbons (Fsp3) is 0.435. The smallest absolute Gasteiger partial charge is 0.237 e. The highest BCUT2D eigenvalue weighted by atomic mass is 32.2. The number of nitrogens with zero attached hydrogens (tertiary/aromatic N) is 2. The Hall–Kier alpha value is -2.22. The molecule has 7 heteroatoms. The first-order valence-corrected chi connectivity index (χ1v) is 12.1. The predicted molar refractivity (Wildman–Crippen MR) is 120 cm³/mol. The predicted octanol–water partition coefficient (Wildman–Crippen LogP) is 2.44. The second kappa shape index (κ2) is 10.2. The number of hydrogen-bond acceptors (Lipinski definition) is 4. The monoisotopic (exact) mass is 429 g/mol. The Morgan fingerprint density at radius 2 is 1.50 bits per heavy atom. The van der Waals surface area contributed by atoms with Gasteiger partial charge in [-0.1, -0.05) is 67.6 Å². The first-order chi connectivity index (χ1) is 14.4. The maximum Gasteiger partial charge on any atom is 0.237 e. The molecule has 3 rings (SSSR count). The maximum absolute atomic E-state index is 12.7. The van der Waals surface area contributed by atoms with Crippen LogP contribution in [0.15, 0.2) is 60.7 Å². The van der Waals surface area contributed by atoms with Gasteiger partial charge >= 0.3 is 0 Å². The van der Waals surface area contributed by atoms with Crippen LogP contribution < -0.4 is 5.32 Å². The van der Waals surface area contributed by atoms with Gasteiger partial charge in [0.2, 0.25) is 15.9 Å².